The van der Waals surface area contributed by atoms with Crippen LogP contribution in [0.25, 0.3) is 0 Å². The zero-order valence-electron chi connectivity index (χ0n) is 12.7. The van der Waals surface area contributed by atoms with E-state index in [9.17, 15) is 9.59 Å². The van der Waals surface area contributed by atoms with E-state index < -0.39 is 0 Å². The van der Waals surface area contributed by atoms with Gasteiger partial charge in [0.25, 0.3) is 0 Å². The molecular formula is C16H20N2O3S. The Morgan fingerprint density at radius 1 is 1.32 bits per heavy atom. The van der Waals surface area contributed by atoms with E-state index in [0.717, 1.165) is 30.3 Å². The molecule has 0 spiro atoms. The van der Waals surface area contributed by atoms with Crippen LogP contribution in [0, 0.1) is 5.92 Å². The third-order valence-electron chi connectivity index (χ3n) is 4.16. The Balaban J connectivity index is 1.71. The monoisotopic (exact) mass is 320 g/mol. The zero-order valence-corrected chi connectivity index (χ0v) is 13.5. The van der Waals surface area contributed by atoms with Gasteiger partial charge in [-0.2, -0.15) is 11.8 Å². The van der Waals surface area contributed by atoms with E-state index in [-0.39, 0.29) is 17.7 Å². The van der Waals surface area contributed by atoms with Gasteiger partial charge in [0.15, 0.2) is 0 Å². The topological polar surface area (TPSA) is 49.9 Å². The highest BCUT2D eigenvalue weighted by molar-refractivity contribution is 7.99. The number of thioether (sulfide) groups is 1. The fourth-order valence-electron chi connectivity index (χ4n) is 2.94. The van der Waals surface area contributed by atoms with Gasteiger partial charge < -0.3 is 14.5 Å². The maximum absolute atomic E-state index is 12.6. The molecule has 0 N–H and O–H groups in total. The van der Waals surface area contributed by atoms with Crippen LogP contribution in [0.5, 0.6) is 5.75 Å². The maximum atomic E-state index is 12.6. The molecular weight excluding hydrogens is 300 g/mol. The van der Waals surface area contributed by atoms with E-state index in [2.05, 4.69) is 0 Å². The molecule has 0 bridgehead atoms. The number of hydrogen-bond acceptors (Lipinski definition) is 4. The number of amides is 2. The molecule has 2 saturated heterocycles. The highest BCUT2D eigenvalue weighted by atomic mass is 32.2. The van der Waals surface area contributed by atoms with Crippen molar-refractivity contribution in [3.63, 3.8) is 0 Å². The predicted molar refractivity (Wildman–Crippen MR) is 87.4 cm³/mol. The van der Waals surface area contributed by atoms with E-state index >= 15 is 0 Å². The molecule has 0 unspecified atom stereocenters. The Morgan fingerprint density at radius 3 is 2.82 bits per heavy atom. The van der Waals surface area contributed by atoms with E-state index in [4.69, 9.17) is 4.74 Å². The van der Waals surface area contributed by atoms with Gasteiger partial charge in [-0.05, 0) is 12.1 Å². The molecule has 0 aliphatic carbocycles. The van der Waals surface area contributed by atoms with Crippen LogP contribution in [0.3, 0.4) is 0 Å². The second-order valence-electron chi connectivity index (χ2n) is 5.54. The summed E-state index contributed by atoms with van der Waals surface area (Å²) in [5.74, 6) is 2.62. The fraction of sp³-hybridized carbons (Fsp3) is 0.500. The minimum atomic E-state index is -0.221. The van der Waals surface area contributed by atoms with E-state index in [1.165, 1.54) is 0 Å². The van der Waals surface area contributed by atoms with Gasteiger partial charge in [0.05, 0.1) is 13.0 Å². The van der Waals surface area contributed by atoms with E-state index in [1.807, 2.05) is 40.9 Å². The maximum Gasteiger partial charge on any atom is 0.228 e. The number of carbonyl (C=O) groups excluding carboxylic acids is 2. The van der Waals surface area contributed by atoms with Crippen molar-refractivity contribution in [3.05, 3.63) is 24.3 Å². The summed E-state index contributed by atoms with van der Waals surface area (Å²) in [7, 11) is 1.60. The Labute approximate surface area is 134 Å². The molecule has 0 radical (unpaired) electrons. The van der Waals surface area contributed by atoms with Crippen LogP contribution in [0.1, 0.15) is 6.42 Å². The molecule has 2 aliphatic rings. The Kier molecular flexibility index (Phi) is 4.57. The molecule has 5 nitrogen and oxygen atoms in total. The van der Waals surface area contributed by atoms with Crippen LogP contribution in [0.4, 0.5) is 5.69 Å². The Hall–Kier alpha value is -1.69. The van der Waals surface area contributed by atoms with E-state index in [1.54, 1.807) is 12.0 Å². The van der Waals surface area contributed by atoms with Crippen molar-refractivity contribution in [1.82, 2.24) is 4.90 Å². The molecule has 1 aromatic carbocycles. The van der Waals surface area contributed by atoms with Gasteiger partial charge in [0.2, 0.25) is 11.8 Å². The first-order valence-corrected chi connectivity index (χ1v) is 8.65. The van der Waals surface area contributed by atoms with Crippen molar-refractivity contribution in [2.24, 2.45) is 5.92 Å². The van der Waals surface area contributed by atoms with Crippen LogP contribution in [0.2, 0.25) is 0 Å². The Bertz CT molecular complexity index is 572. The third-order valence-corrected chi connectivity index (χ3v) is 5.10. The standard InChI is InChI=1S/C16H20N2O3S/c1-21-14-4-2-3-13(10-14)18-11-12(9-15(18)19)16(20)17-5-7-22-8-6-17/h2-4,10,12H,5-9,11H2,1H3/t12-/m1/s1. The van der Waals surface area contributed by atoms with Gasteiger partial charge in [-0.1, -0.05) is 6.07 Å². The minimum absolute atomic E-state index is 0.0120. The number of benzene rings is 1. The molecule has 2 aliphatic heterocycles. The second-order valence-corrected chi connectivity index (χ2v) is 6.77. The molecule has 22 heavy (non-hydrogen) atoms. The highest BCUT2D eigenvalue weighted by Crippen LogP contribution is 2.29. The minimum Gasteiger partial charge on any atom is -0.497 e. The molecule has 2 amide bonds. The quantitative estimate of drug-likeness (QED) is 0.849. The lowest BCUT2D eigenvalue weighted by Crippen LogP contribution is -2.42. The number of carbonyl (C=O) groups is 2. The van der Waals surface area contributed by atoms with Gasteiger partial charge in [-0.25, -0.2) is 0 Å². The number of rotatable bonds is 3. The van der Waals surface area contributed by atoms with E-state index in [0.29, 0.717) is 18.7 Å². The second kappa shape index (κ2) is 6.60. The summed E-state index contributed by atoms with van der Waals surface area (Å²) in [6, 6.07) is 7.42. The largest absolute Gasteiger partial charge is 0.497 e. The van der Waals surface area contributed by atoms with Crippen molar-refractivity contribution in [2.45, 2.75) is 6.42 Å². The number of ether oxygens (including phenoxy) is 1. The SMILES string of the molecule is COc1cccc(N2C[C@H](C(=O)N3CCSCC3)CC2=O)c1. The average Bonchev–Trinajstić information content (AvgIpc) is 2.97. The van der Waals surface area contributed by atoms with Crippen LogP contribution in [-0.2, 0) is 9.59 Å². The van der Waals surface area contributed by atoms with Crippen LogP contribution < -0.4 is 9.64 Å². The first kappa shape index (κ1) is 15.2. The van der Waals surface area contributed by atoms with Gasteiger partial charge in [0, 0.05) is 49.3 Å². The molecule has 2 fully saturated rings. The Morgan fingerprint density at radius 2 is 2.09 bits per heavy atom. The van der Waals surface area contributed by atoms with Gasteiger partial charge in [-0.15, -0.1) is 0 Å². The van der Waals surface area contributed by atoms with Gasteiger partial charge in [-0.3, -0.25) is 9.59 Å². The van der Waals surface area contributed by atoms with Crippen molar-refractivity contribution >= 4 is 29.3 Å². The number of nitrogens with zero attached hydrogens (tertiary/aromatic N) is 2. The molecule has 6 heteroatoms. The summed E-state index contributed by atoms with van der Waals surface area (Å²) in [4.78, 5) is 28.4. The highest BCUT2D eigenvalue weighted by Gasteiger charge is 2.37. The number of methoxy groups -OCH3 is 1. The van der Waals surface area contributed by atoms with Gasteiger partial charge >= 0.3 is 0 Å². The summed E-state index contributed by atoms with van der Waals surface area (Å²) in [5.41, 5.74) is 0.800. The molecule has 0 aromatic heterocycles. The molecule has 1 atom stereocenters. The first-order valence-electron chi connectivity index (χ1n) is 7.50. The molecule has 118 valence electrons. The van der Waals surface area contributed by atoms with Crippen molar-refractivity contribution < 1.29 is 14.3 Å². The molecule has 1 aromatic rings. The smallest absolute Gasteiger partial charge is 0.228 e. The van der Waals surface area contributed by atoms with Crippen molar-refractivity contribution in [2.75, 3.05) is 43.1 Å². The lowest BCUT2D eigenvalue weighted by atomic mass is 10.1. The summed E-state index contributed by atoms with van der Waals surface area (Å²) >= 11 is 1.88. The van der Waals surface area contributed by atoms with Crippen LogP contribution in [0.15, 0.2) is 24.3 Å². The average molecular weight is 320 g/mol. The zero-order chi connectivity index (χ0) is 15.5. The van der Waals surface area contributed by atoms with Crippen molar-refractivity contribution in [3.8, 4) is 5.75 Å². The molecule has 0 saturated carbocycles. The van der Waals surface area contributed by atoms with Crippen LogP contribution in [-0.4, -0.2) is 55.0 Å². The number of anilines is 1. The van der Waals surface area contributed by atoms with Crippen LogP contribution >= 0.6 is 11.8 Å². The van der Waals surface area contributed by atoms with Gasteiger partial charge in [0.1, 0.15) is 5.75 Å². The summed E-state index contributed by atoms with van der Waals surface area (Å²) in [5, 5.41) is 0. The summed E-state index contributed by atoms with van der Waals surface area (Å²) in [6.07, 6.45) is 0.305. The summed E-state index contributed by atoms with van der Waals surface area (Å²) in [6.45, 7) is 2.06. The lowest BCUT2D eigenvalue weighted by molar-refractivity contribution is -0.135. The number of hydrogen-bond donors (Lipinski definition) is 0. The van der Waals surface area contributed by atoms with Crippen molar-refractivity contribution in [1.29, 1.82) is 0 Å². The third kappa shape index (κ3) is 3.06. The normalized spacial score (nSPS) is 22.0. The fourth-order valence-corrected chi connectivity index (χ4v) is 3.85. The summed E-state index contributed by atoms with van der Waals surface area (Å²) < 4.78 is 5.20. The predicted octanol–water partition coefficient (Wildman–Crippen LogP) is 1.62. The molecule has 3 rings (SSSR count). The lowest BCUT2D eigenvalue weighted by Gasteiger charge is -2.28. The first-order chi connectivity index (χ1) is 10.7. The molecule has 2 heterocycles.